The number of H-pyrrole nitrogens is 1. The third kappa shape index (κ3) is 3.50. The lowest BCUT2D eigenvalue weighted by Crippen LogP contribution is -2.20. The maximum atomic E-state index is 9.30. The van der Waals surface area contributed by atoms with Crippen molar-refractivity contribution in [2.75, 3.05) is 19.7 Å². The van der Waals surface area contributed by atoms with Gasteiger partial charge in [0, 0.05) is 31.5 Å². The number of nitrogens with one attached hydrogen (secondary N) is 1. The number of hydrogen-bond acceptors (Lipinski definition) is 5. The van der Waals surface area contributed by atoms with Crippen LogP contribution in [0.3, 0.4) is 0 Å². The van der Waals surface area contributed by atoms with E-state index in [-0.39, 0.29) is 6.61 Å². The normalized spacial score (nSPS) is 18.0. The van der Waals surface area contributed by atoms with E-state index in [0.29, 0.717) is 18.4 Å². The van der Waals surface area contributed by atoms with E-state index in [1.165, 1.54) is 0 Å². The number of aliphatic hydroxyl groups excluding tert-OH is 1. The van der Waals surface area contributed by atoms with Crippen molar-refractivity contribution in [3.05, 3.63) is 54.0 Å². The van der Waals surface area contributed by atoms with Crippen molar-refractivity contribution >= 4 is 11.0 Å². The van der Waals surface area contributed by atoms with Gasteiger partial charge >= 0.3 is 0 Å². The van der Waals surface area contributed by atoms with Gasteiger partial charge in [-0.05, 0) is 24.4 Å². The molecule has 25 heavy (non-hydrogen) atoms. The van der Waals surface area contributed by atoms with Gasteiger partial charge in [0.15, 0.2) is 0 Å². The van der Waals surface area contributed by atoms with Crippen LogP contribution in [0.4, 0.5) is 0 Å². The number of hydrogen-bond donors (Lipinski definition) is 2. The molecule has 1 fully saturated rings. The van der Waals surface area contributed by atoms with E-state index in [1.807, 2.05) is 36.5 Å². The molecule has 3 aromatic rings. The standard InChI is InChI=1S/C19H22N4O2/c24-11-15-6-7-23(9-15)10-16-8-20-18-17(16)21-13-22-19(18)25-12-14-4-2-1-3-5-14/h1-5,8,13,15,20,24H,6-7,9-12H2. The van der Waals surface area contributed by atoms with E-state index in [1.54, 1.807) is 6.33 Å². The number of benzene rings is 1. The summed E-state index contributed by atoms with van der Waals surface area (Å²) in [5.41, 5.74) is 3.99. The van der Waals surface area contributed by atoms with E-state index in [0.717, 1.165) is 48.2 Å². The first-order chi connectivity index (χ1) is 12.3. The second kappa shape index (κ2) is 7.21. The number of fused-ring (bicyclic) bond motifs is 1. The molecule has 4 rings (SSSR count). The smallest absolute Gasteiger partial charge is 0.241 e. The van der Waals surface area contributed by atoms with Gasteiger partial charge < -0.3 is 14.8 Å². The Morgan fingerprint density at radius 1 is 1.24 bits per heavy atom. The van der Waals surface area contributed by atoms with Crippen LogP contribution in [-0.2, 0) is 13.2 Å². The molecule has 1 unspecified atom stereocenters. The zero-order chi connectivity index (χ0) is 17.1. The van der Waals surface area contributed by atoms with Crippen molar-refractivity contribution in [1.29, 1.82) is 0 Å². The second-order valence-electron chi connectivity index (χ2n) is 6.56. The summed E-state index contributed by atoms with van der Waals surface area (Å²) < 4.78 is 5.89. The first kappa shape index (κ1) is 16.1. The third-order valence-electron chi connectivity index (χ3n) is 4.75. The van der Waals surface area contributed by atoms with Crippen LogP contribution in [0.2, 0.25) is 0 Å². The Morgan fingerprint density at radius 3 is 2.92 bits per heavy atom. The number of aromatic nitrogens is 3. The molecule has 6 heteroatoms. The van der Waals surface area contributed by atoms with Gasteiger partial charge in [0.2, 0.25) is 5.88 Å². The van der Waals surface area contributed by atoms with E-state index in [9.17, 15) is 5.11 Å². The summed E-state index contributed by atoms with van der Waals surface area (Å²) in [5.74, 6) is 0.972. The number of rotatable bonds is 6. The molecule has 3 heterocycles. The predicted molar refractivity (Wildman–Crippen MR) is 95.1 cm³/mol. The molecule has 0 amide bonds. The highest BCUT2D eigenvalue weighted by atomic mass is 16.5. The highest BCUT2D eigenvalue weighted by Gasteiger charge is 2.23. The zero-order valence-corrected chi connectivity index (χ0v) is 14.1. The van der Waals surface area contributed by atoms with Gasteiger partial charge in [-0.1, -0.05) is 30.3 Å². The molecule has 0 saturated carbocycles. The molecular weight excluding hydrogens is 316 g/mol. The molecule has 1 atom stereocenters. The van der Waals surface area contributed by atoms with Gasteiger partial charge in [0.1, 0.15) is 18.5 Å². The Kier molecular flexibility index (Phi) is 4.63. The minimum absolute atomic E-state index is 0.268. The number of aromatic amines is 1. The Hall–Kier alpha value is -2.44. The van der Waals surface area contributed by atoms with Gasteiger partial charge in [0.25, 0.3) is 0 Å². The molecule has 2 aromatic heterocycles. The molecule has 0 spiro atoms. The summed E-state index contributed by atoms with van der Waals surface area (Å²) in [4.78, 5) is 14.3. The molecule has 0 bridgehead atoms. The highest BCUT2D eigenvalue weighted by molar-refractivity contribution is 5.82. The summed E-state index contributed by atoms with van der Waals surface area (Å²) in [6, 6.07) is 10.0. The van der Waals surface area contributed by atoms with Crippen LogP contribution in [-0.4, -0.2) is 44.7 Å². The molecule has 0 radical (unpaired) electrons. The molecule has 1 saturated heterocycles. The molecule has 1 aliphatic rings. The monoisotopic (exact) mass is 338 g/mol. The minimum Gasteiger partial charge on any atom is -0.471 e. The van der Waals surface area contributed by atoms with Gasteiger partial charge in [-0.15, -0.1) is 0 Å². The Bertz CT molecular complexity index is 834. The van der Waals surface area contributed by atoms with Gasteiger partial charge in [-0.3, -0.25) is 4.90 Å². The van der Waals surface area contributed by atoms with Crippen LogP contribution in [0.15, 0.2) is 42.9 Å². The van der Waals surface area contributed by atoms with Crippen LogP contribution in [0.25, 0.3) is 11.0 Å². The summed E-state index contributed by atoms with van der Waals surface area (Å²) in [6.07, 6.45) is 4.60. The second-order valence-corrected chi connectivity index (χ2v) is 6.56. The van der Waals surface area contributed by atoms with Crippen LogP contribution in [0.5, 0.6) is 5.88 Å². The highest BCUT2D eigenvalue weighted by Crippen LogP contribution is 2.26. The summed E-state index contributed by atoms with van der Waals surface area (Å²) in [5, 5.41) is 9.30. The topological polar surface area (TPSA) is 74.3 Å². The first-order valence-electron chi connectivity index (χ1n) is 8.64. The number of nitrogens with zero attached hydrogens (tertiary/aromatic N) is 3. The fourth-order valence-electron chi connectivity index (χ4n) is 3.37. The lowest BCUT2D eigenvalue weighted by atomic mass is 10.1. The zero-order valence-electron chi connectivity index (χ0n) is 14.1. The average Bonchev–Trinajstić information content (AvgIpc) is 3.28. The molecule has 2 N–H and O–H groups in total. The molecule has 6 nitrogen and oxygen atoms in total. The Morgan fingerprint density at radius 2 is 2.12 bits per heavy atom. The average molecular weight is 338 g/mol. The minimum atomic E-state index is 0.268. The van der Waals surface area contributed by atoms with Crippen molar-refractivity contribution in [2.45, 2.75) is 19.6 Å². The van der Waals surface area contributed by atoms with Crippen LogP contribution < -0.4 is 4.74 Å². The van der Waals surface area contributed by atoms with Crippen LogP contribution in [0, 0.1) is 5.92 Å². The predicted octanol–water partition coefficient (Wildman–Crippen LogP) is 2.35. The van der Waals surface area contributed by atoms with E-state index >= 15 is 0 Å². The van der Waals surface area contributed by atoms with E-state index < -0.39 is 0 Å². The summed E-state index contributed by atoms with van der Waals surface area (Å²) in [6.45, 7) is 3.52. The molecular formula is C19H22N4O2. The van der Waals surface area contributed by atoms with E-state index in [2.05, 4.69) is 19.9 Å². The number of likely N-dealkylation sites (tertiary alicyclic amines) is 1. The SMILES string of the molecule is OCC1CCN(Cc2c[nH]c3c(OCc4ccccc4)ncnc23)C1. The maximum absolute atomic E-state index is 9.30. The lowest BCUT2D eigenvalue weighted by molar-refractivity contribution is 0.220. The van der Waals surface area contributed by atoms with Crippen LogP contribution in [0.1, 0.15) is 17.5 Å². The fourth-order valence-corrected chi connectivity index (χ4v) is 3.37. The lowest BCUT2D eigenvalue weighted by Gasteiger charge is -2.14. The quantitative estimate of drug-likeness (QED) is 0.722. The molecule has 0 aliphatic carbocycles. The Balaban J connectivity index is 1.50. The van der Waals surface area contributed by atoms with Crippen molar-refractivity contribution in [1.82, 2.24) is 19.9 Å². The first-order valence-corrected chi connectivity index (χ1v) is 8.64. The summed E-state index contributed by atoms with van der Waals surface area (Å²) in [7, 11) is 0. The van der Waals surface area contributed by atoms with Crippen molar-refractivity contribution in [3.63, 3.8) is 0 Å². The van der Waals surface area contributed by atoms with Gasteiger partial charge in [0.05, 0.1) is 5.52 Å². The molecule has 1 aromatic carbocycles. The largest absolute Gasteiger partial charge is 0.471 e. The van der Waals surface area contributed by atoms with Gasteiger partial charge in [-0.25, -0.2) is 4.98 Å². The fraction of sp³-hybridized carbons (Fsp3) is 0.368. The van der Waals surface area contributed by atoms with Crippen molar-refractivity contribution in [3.8, 4) is 5.88 Å². The van der Waals surface area contributed by atoms with E-state index in [4.69, 9.17) is 4.74 Å². The van der Waals surface area contributed by atoms with Crippen LogP contribution >= 0.6 is 0 Å². The van der Waals surface area contributed by atoms with Gasteiger partial charge in [-0.2, -0.15) is 4.98 Å². The number of aliphatic hydroxyl groups is 1. The molecule has 1 aliphatic heterocycles. The third-order valence-corrected chi connectivity index (χ3v) is 4.75. The maximum Gasteiger partial charge on any atom is 0.241 e. The number of ether oxygens (including phenoxy) is 1. The van der Waals surface area contributed by atoms with Crippen molar-refractivity contribution in [2.24, 2.45) is 5.92 Å². The summed E-state index contributed by atoms with van der Waals surface area (Å²) >= 11 is 0. The Labute approximate surface area is 146 Å². The molecule has 130 valence electrons. The van der Waals surface area contributed by atoms with Crippen molar-refractivity contribution < 1.29 is 9.84 Å².